The summed E-state index contributed by atoms with van der Waals surface area (Å²) in [7, 11) is 0. The van der Waals surface area contributed by atoms with E-state index >= 15 is 0 Å². The summed E-state index contributed by atoms with van der Waals surface area (Å²) in [5, 5.41) is 6.97. The molecule has 0 aliphatic carbocycles. The molecule has 1 aromatic rings. The Labute approximate surface area is 81.8 Å². The van der Waals surface area contributed by atoms with E-state index in [2.05, 4.69) is 0 Å². The first kappa shape index (κ1) is 9.92. The van der Waals surface area contributed by atoms with Crippen molar-refractivity contribution < 1.29 is 4.74 Å². The first-order chi connectivity index (χ1) is 6.22. The summed E-state index contributed by atoms with van der Waals surface area (Å²) in [5.41, 5.74) is 5.15. The molecule has 0 amide bonds. The lowest BCUT2D eigenvalue weighted by molar-refractivity contribution is 0.374. The number of rotatable bonds is 4. The zero-order chi connectivity index (χ0) is 9.68. The molecule has 0 aliphatic heterocycles. The maximum atomic E-state index is 6.97. The Morgan fingerprint density at radius 3 is 2.54 bits per heavy atom. The lowest BCUT2D eigenvalue weighted by Gasteiger charge is -2.04. The Balaban J connectivity index is 2.54. The SMILES string of the molecule is CSc1ccc(OCC(=N)N)cc1. The molecule has 0 radical (unpaired) electrons. The van der Waals surface area contributed by atoms with Gasteiger partial charge in [-0.2, -0.15) is 0 Å². The van der Waals surface area contributed by atoms with Gasteiger partial charge in [-0.3, -0.25) is 5.41 Å². The molecule has 0 aromatic heterocycles. The summed E-state index contributed by atoms with van der Waals surface area (Å²) in [4.78, 5) is 1.19. The van der Waals surface area contributed by atoms with Crippen LogP contribution in [0, 0.1) is 5.41 Å². The molecule has 1 aromatic carbocycles. The van der Waals surface area contributed by atoms with Crippen LogP contribution < -0.4 is 10.5 Å². The molecule has 0 atom stereocenters. The van der Waals surface area contributed by atoms with Crippen LogP contribution >= 0.6 is 11.8 Å². The molecule has 0 bridgehead atoms. The molecule has 3 nitrogen and oxygen atoms in total. The average molecular weight is 196 g/mol. The van der Waals surface area contributed by atoms with Crippen molar-refractivity contribution in [3.63, 3.8) is 0 Å². The first-order valence-corrected chi connectivity index (χ1v) is 5.04. The fourth-order valence-electron chi connectivity index (χ4n) is 0.833. The molecule has 13 heavy (non-hydrogen) atoms. The summed E-state index contributed by atoms with van der Waals surface area (Å²) >= 11 is 1.68. The van der Waals surface area contributed by atoms with Crippen molar-refractivity contribution in [3.8, 4) is 5.75 Å². The summed E-state index contributed by atoms with van der Waals surface area (Å²) < 4.78 is 5.21. The first-order valence-electron chi connectivity index (χ1n) is 3.82. The highest BCUT2D eigenvalue weighted by Crippen LogP contribution is 2.18. The van der Waals surface area contributed by atoms with Gasteiger partial charge in [0.15, 0.2) is 0 Å². The van der Waals surface area contributed by atoms with Crippen LogP contribution in [0.2, 0.25) is 0 Å². The van der Waals surface area contributed by atoms with Crippen molar-refractivity contribution in [3.05, 3.63) is 24.3 Å². The van der Waals surface area contributed by atoms with Gasteiger partial charge in [0.2, 0.25) is 0 Å². The normalized spacial score (nSPS) is 9.62. The van der Waals surface area contributed by atoms with Gasteiger partial charge >= 0.3 is 0 Å². The second-order valence-electron chi connectivity index (χ2n) is 2.49. The van der Waals surface area contributed by atoms with Crippen molar-refractivity contribution in [1.82, 2.24) is 0 Å². The lowest BCUT2D eigenvalue weighted by atomic mass is 10.3. The maximum Gasteiger partial charge on any atom is 0.145 e. The van der Waals surface area contributed by atoms with Crippen LogP contribution in [0.15, 0.2) is 29.2 Å². The smallest absolute Gasteiger partial charge is 0.145 e. The van der Waals surface area contributed by atoms with Crippen molar-refractivity contribution in [2.24, 2.45) is 5.73 Å². The number of amidine groups is 1. The minimum Gasteiger partial charge on any atom is -0.486 e. The molecule has 0 unspecified atom stereocenters. The van der Waals surface area contributed by atoms with Gasteiger partial charge in [0.25, 0.3) is 0 Å². The van der Waals surface area contributed by atoms with E-state index in [1.165, 1.54) is 4.90 Å². The van der Waals surface area contributed by atoms with E-state index in [-0.39, 0.29) is 12.4 Å². The third-order valence-electron chi connectivity index (χ3n) is 1.45. The molecule has 1 rings (SSSR count). The molecular formula is C9H12N2OS. The summed E-state index contributed by atoms with van der Waals surface area (Å²) in [5.74, 6) is 0.780. The molecular weight excluding hydrogens is 184 g/mol. The Morgan fingerprint density at radius 1 is 1.46 bits per heavy atom. The molecule has 70 valence electrons. The Bertz CT molecular complexity index is 284. The van der Waals surface area contributed by atoms with Crippen LogP contribution in [0.25, 0.3) is 0 Å². The van der Waals surface area contributed by atoms with E-state index in [0.717, 1.165) is 5.75 Å². The Hall–Kier alpha value is -1.16. The monoisotopic (exact) mass is 196 g/mol. The van der Waals surface area contributed by atoms with Gasteiger partial charge in [0.05, 0.1) is 0 Å². The lowest BCUT2D eigenvalue weighted by Crippen LogP contribution is -2.19. The van der Waals surface area contributed by atoms with Gasteiger partial charge in [-0.1, -0.05) is 0 Å². The number of hydrogen-bond donors (Lipinski definition) is 2. The molecule has 0 fully saturated rings. The summed E-state index contributed by atoms with van der Waals surface area (Å²) in [6.07, 6.45) is 2.02. The molecule has 4 heteroatoms. The van der Waals surface area contributed by atoms with E-state index < -0.39 is 0 Å². The van der Waals surface area contributed by atoms with Crippen molar-refractivity contribution >= 4 is 17.6 Å². The number of hydrogen-bond acceptors (Lipinski definition) is 3. The number of ether oxygens (including phenoxy) is 1. The quantitative estimate of drug-likeness (QED) is 0.438. The summed E-state index contributed by atoms with van der Waals surface area (Å²) in [6.45, 7) is 0.151. The fourth-order valence-corrected chi connectivity index (χ4v) is 1.24. The standard InChI is InChI=1S/C9H12N2OS/c1-13-8-4-2-7(3-5-8)12-6-9(10)11/h2-5H,6H2,1H3,(H3,10,11). The third-order valence-corrected chi connectivity index (χ3v) is 2.20. The van der Waals surface area contributed by atoms with Gasteiger partial charge in [0.1, 0.15) is 18.2 Å². The van der Waals surface area contributed by atoms with E-state index in [9.17, 15) is 0 Å². The molecule has 0 spiro atoms. The van der Waals surface area contributed by atoms with Gasteiger partial charge < -0.3 is 10.5 Å². The number of thioether (sulfide) groups is 1. The molecule has 0 heterocycles. The maximum absolute atomic E-state index is 6.97. The predicted octanol–water partition coefficient (Wildman–Crippen LogP) is 1.72. The van der Waals surface area contributed by atoms with Crippen LogP contribution in [-0.4, -0.2) is 18.7 Å². The van der Waals surface area contributed by atoms with Gasteiger partial charge in [-0.25, -0.2) is 0 Å². The highest BCUT2D eigenvalue weighted by molar-refractivity contribution is 7.98. The zero-order valence-corrected chi connectivity index (χ0v) is 8.23. The van der Waals surface area contributed by atoms with Gasteiger partial charge in [-0.05, 0) is 30.5 Å². The number of nitrogens with two attached hydrogens (primary N) is 1. The third kappa shape index (κ3) is 3.38. The van der Waals surface area contributed by atoms with Gasteiger partial charge in [0, 0.05) is 4.90 Å². The zero-order valence-electron chi connectivity index (χ0n) is 7.41. The second-order valence-corrected chi connectivity index (χ2v) is 3.37. The molecule has 0 aliphatic rings. The highest BCUT2D eigenvalue weighted by Gasteiger charge is 1.94. The van der Waals surface area contributed by atoms with Crippen LogP contribution in [0.5, 0.6) is 5.75 Å². The largest absolute Gasteiger partial charge is 0.486 e. The van der Waals surface area contributed by atoms with Crippen LogP contribution in [-0.2, 0) is 0 Å². The molecule has 0 saturated carbocycles. The van der Waals surface area contributed by atoms with Crippen LogP contribution in [0.4, 0.5) is 0 Å². The van der Waals surface area contributed by atoms with E-state index in [1.807, 2.05) is 30.5 Å². The molecule has 0 saturated heterocycles. The second kappa shape index (κ2) is 4.77. The minimum absolute atomic E-state index is 0.0361. The highest BCUT2D eigenvalue weighted by atomic mass is 32.2. The Morgan fingerprint density at radius 2 is 2.08 bits per heavy atom. The average Bonchev–Trinajstić information content (AvgIpc) is 2.15. The Kier molecular flexibility index (Phi) is 3.64. The number of benzene rings is 1. The fraction of sp³-hybridized carbons (Fsp3) is 0.222. The van der Waals surface area contributed by atoms with E-state index in [0.29, 0.717) is 0 Å². The number of nitrogens with one attached hydrogen (secondary N) is 1. The predicted molar refractivity (Wildman–Crippen MR) is 55.6 cm³/mol. The van der Waals surface area contributed by atoms with E-state index in [4.69, 9.17) is 15.9 Å². The van der Waals surface area contributed by atoms with Crippen molar-refractivity contribution in [1.29, 1.82) is 5.41 Å². The summed E-state index contributed by atoms with van der Waals surface area (Å²) in [6, 6.07) is 7.68. The van der Waals surface area contributed by atoms with Crippen LogP contribution in [0.3, 0.4) is 0 Å². The topological polar surface area (TPSA) is 59.1 Å². The molecule has 3 N–H and O–H groups in total. The van der Waals surface area contributed by atoms with Crippen molar-refractivity contribution in [2.75, 3.05) is 12.9 Å². The van der Waals surface area contributed by atoms with E-state index in [1.54, 1.807) is 11.8 Å². The minimum atomic E-state index is 0.0361. The van der Waals surface area contributed by atoms with Crippen LogP contribution in [0.1, 0.15) is 0 Å². The van der Waals surface area contributed by atoms with Gasteiger partial charge in [-0.15, -0.1) is 11.8 Å². The van der Waals surface area contributed by atoms with Crippen molar-refractivity contribution in [2.45, 2.75) is 4.90 Å².